The second kappa shape index (κ2) is 8.02. The standard InChI is InChI=1S/C14H7Br3Cl2O3/c15-7-1-2-12(9(16)3-7)21-6-13(20)22-14-10(17)4-8(18)5-11(14)19/h1-5H,6H2. The van der Waals surface area contributed by atoms with Crippen LogP contribution in [0.2, 0.25) is 10.0 Å². The Bertz CT molecular complexity index is 699. The summed E-state index contributed by atoms with van der Waals surface area (Å²) in [5.41, 5.74) is 0. The lowest BCUT2D eigenvalue weighted by atomic mass is 10.3. The van der Waals surface area contributed by atoms with Crippen LogP contribution in [-0.2, 0) is 4.79 Å². The number of esters is 1. The Balaban J connectivity index is 2.02. The molecule has 0 aliphatic rings. The van der Waals surface area contributed by atoms with Gasteiger partial charge < -0.3 is 9.47 Å². The third-order valence-corrected chi connectivity index (χ3v) is 4.62. The van der Waals surface area contributed by atoms with E-state index >= 15 is 0 Å². The SMILES string of the molecule is O=C(COc1ccc(Br)cc1Br)Oc1c(Cl)cc(Cl)cc1Br. The maximum absolute atomic E-state index is 11.9. The van der Waals surface area contributed by atoms with Crippen molar-refractivity contribution in [2.24, 2.45) is 0 Å². The van der Waals surface area contributed by atoms with Crippen LogP contribution in [-0.4, -0.2) is 12.6 Å². The van der Waals surface area contributed by atoms with E-state index in [-0.39, 0.29) is 17.4 Å². The van der Waals surface area contributed by atoms with Crippen molar-refractivity contribution in [2.45, 2.75) is 0 Å². The predicted molar refractivity (Wildman–Crippen MR) is 97.1 cm³/mol. The molecule has 8 heteroatoms. The quantitative estimate of drug-likeness (QED) is 0.343. The van der Waals surface area contributed by atoms with Crippen LogP contribution in [0.15, 0.2) is 43.7 Å². The zero-order valence-corrected chi connectivity index (χ0v) is 17.0. The van der Waals surface area contributed by atoms with Gasteiger partial charge in [-0.25, -0.2) is 4.79 Å². The summed E-state index contributed by atoms with van der Waals surface area (Å²) in [5, 5.41) is 0.671. The molecular weight excluding hydrogens is 527 g/mol. The van der Waals surface area contributed by atoms with Gasteiger partial charge in [0.25, 0.3) is 0 Å². The maximum atomic E-state index is 11.9. The van der Waals surface area contributed by atoms with Crippen LogP contribution in [0, 0.1) is 0 Å². The Morgan fingerprint density at radius 3 is 2.41 bits per heavy atom. The van der Waals surface area contributed by atoms with E-state index in [9.17, 15) is 4.79 Å². The first-order valence-corrected chi connectivity index (χ1v) is 8.93. The number of carbonyl (C=O) groups is 1. The number of rotatable bonds is 4. The molecule has 0 spiro atoms. The fourth-order valence-electron chi connectivity index (χ4n) is 1.50. The van der Waals surface area contributed by atoms with Crippen LogP contribution >= 0.6 is 71.0 Å². The summed E-state index contributed by atoms with van der Waals surface area (Å²) in [6.45, 7) is -0.258. The van der Waals surface area contributed by atoms with Crippen LogP contribution in [0.3, 0.4) is 0 Å². The normalized spacial score (nSPS) is 10.4. The number of carbonyl (C=O) groups excluding carboxylic acids is 1. The van der Waals surface area contributed by atoms with E-state index in [2.05, 4.69) is 47.8 Å². The molecule has 2 rings (SSSR count). The molecule has 116 valence electrons. The van der Waals surface area contributed by atoms with E-state index < -0.39 is 5.97 Å². The van der Waals surface area contributed by atoms with Crippen LogP contribution in [0.5, 0.6) is 11.5 Å². The van der Waals surface area contributed by atoms with E-state index in [1.54, 1.807) is 18.2 Å². The molecule has 0 heterocycles. The molecule has 3 nitrogen and oxygen atoms in total. The van der Waals surface area contributed by atoms with Crippen LogP contribution in [0.4, 0.5) is 0 Å². The lowest BCUT2D eigenvalue weighted by molar-refractivity contribution is -0.136. The summed E-state index contributed by atoms with van der Waals surface area (Å²) in [4.78, 5) is 11.9. The fourth-order valence-corrected chi connectivity index (χ4v) is 3.98. The Hall–Kier alpha value is -0.270. The van der Waals surface area contributed by atoms with Crippen molar-refractivity contribution >= 4 is 77.0 Å². The molecular formula is C14H7Br3Cl2O3. The Morgan fingerprint density at radius 2 is 1.77 bits per heavy atom. The average molecular weight is 534 g/mol. The second-order valence-corrected chi connectivity index (χ2v) is 7.50. The summed E-state index contributed by atoms with van der Waals surface area (Å²) in [6.07, 6.45) is 0. The third-order valence-electron chi connectivity index (χ3n) is 2.42. The molecule has 0 aromatic heterocycles. The first-order chi connectivity index (χ1) is 10.4. The highest BCUT2D eigenvalue weighted by atomic mass is 79.9. The van der Waals surface area contributed by atoms with Crippen LogP contribution < -0.4 is 9.47 Å². The van der Waals surface area contributed by atoms with E-state index in [1.165, 1.54) is 6.07 Å². The molecule has 2 aromatic carbocycles. The fraction of sp³-hybridized carbons (Fsp3) is 0.0714. The third kappa shape index (κ3) is 4.86. The van der Waals surface area contributed by atoms with Gasteiger partial charge in [0, 0.05) is 9.50 Å². The molecule has 22 heavy (non-hydrogen) atoms. The minimum absolute atomic E-state index is 0.203. The molecule has 2 aromatic rings. The van der Waals surface area contributed by atoms with Crippen LogP contribution in [0.25, 0.3) is 0 Å². The molecule has 0 amide bonds. The molecule has 0 fully saturated rings. The first-order valence-electron chi connectivity index (χ1n) is 5.80. The van der Waals surface area contributed by atoms with Gasteiger partial charge >= 0.3 is 5.97 Å². The average Bonchev–Trinajstić information content (AvgIpc) is 2.42. The monoisotopic (exact) mass is 530 g/mol. The van der Waals surface area contributed by atoms with Gasteiger partial charge in [-0.1, -0.05) is 39.1 Å². The molecule has 0 aliphatic heterocycles. The largest absolute Gasteiger partial charge is 0.481 e. The summed E-state index contributed by atoms with van der Waals surface area (Å²) in [6, 6.07) is 8.42. The number of benzene rings is 2. The van der Waals surface area contributed by atoms with Crippen molar-refractivity contribution in [1.29, 1.82) is 0 Å². The van der Waals surface area contributed by atoms with Gasteiger partial charge in [-0.3, -0.25) is 0 Å². The van der Waals surface area contributed by atoms with E-state index in [4.69, 9.17) is 32.7 Å². The second-order valence-electron chi connectivity index (χ2n) is 4.04. The van der Waals surface area contributed by atoms with Crippen LogP contribution in [0.1, 0.15) is 0 Å². The van der Waals surface area contributed by atoms with Crippen molar-refractivity contribution in [3.63, 3.8) is 0 Å². The Labute approximate surface area is 162 Å². The zero-order chi connectivity index (χ0) is 16.3. The highest BCUT2D eigenvalue weighted by molar-refractivity contribution is 9.11. The molecule has 0 unspecified atom stereocenters. The van der Waals surface area contributed by atoms with Crippen molar-refractivity contribution in [3.8, 4) is 11.5 Å². The Morgan fingerprint density at radius 1 is 1.05 bits per heavy atom. The van der Waals surface area contributed by atoms with Crippen molar-refractivity contribution in [3.05, 3.63) is 53.8 Å². The summed E-state index contributed by atoms with van der Waals surface area (Å²) in [5.74, 6) is 0.149. The van der Waals surface area contributed by atoms with Gasteiger partial charge in [-0.05, 0) is 62.2 Å². The van der Waals surface area contributed by atoms with Gasteiger partial charge in [-0.15, -0.1) is 0 Å². The highest BCUT2D eigenvalue weighted by Gasteiger charge is 2.14. The number of hydrogen-bond acceptors (Lipinski definition) is 3. The van der Waals surface area contributed by atoms with E-state index in [1.807, 2.05) is 6.07 Å². The molecule has 0 saturated carbocycles. The summed E-state index contributed by atoms with van der Waals surface area (Å²) >= 11 is 21.8. The first kappa shape index (κ1) is 18.1. The van der Waals surface area contributed by atoms with E-state index in [0.29, 0.717) is 15.2 Å². The van der Waals surface area contributed by atoms with Crippen molar-refractivity contribution in [1.82, 2.24) is 0 Å². The Kier molecular flexibility index (Phi) is 6.58. The number of halogens is 5. The molecule has 0 aliphatic carbocycles. The smallest absolute Gasteiger partial charge is 0.349 e. The molecule has 0 atom stereocenters. The predicted octanol–water partition coefficient (Wildman–Crippen LogP) is 6.27. The van der Waals surface area contributed by atoms with Gasteiger partial charge in [0.2, 0.25) is 0 Å². The minimum Gasteiger partial charge on any atom is -0.481 e. The van der Waals surface area contributed by atoms with Gasteiger partial charge in [0.05, 0.1) is 14.0 Å². The van der Waals surface area contributed by atoms with Crippen molar-refractivity contribution < 1.29 is 14.3 Å². The van der Waals surface area contributed by atoms with E-state index in [0.717, 1.165) is 8.95 Å². The lowest BCUT2D eigenvalue weighted by Crippen LogP contribution is -2.18. The summed E-state index contributed by atoms with van der Waals surface area (Å²) in [7, 11) is 0. The topological polar surface area (TPSA) is 35.5 Å². The number of hydrogen-bond donors (Lipinski definition) is 0. The van der Waals surface area contributed by atoms with Crippen molar-refractivity contribution in [2.75, 3.05) is 6.61 Å². The highest BCUT2D eigenvalue weighted by Crippen LogP contribution is 2.36. The number of ether oxygens (including phenoxy) is 2. The summed E-state index contributed by atoms with van der Waals surface area (Å²) < 4.78 is 12.7. The minimum atomic E-state index is -0.584. The zero-order valence-electron chi connectivity index (χ0n) is 10.7. The van der Waals surface area contributed by atoms with Gasteiger partial charge in [-0.2, -0.15) is 0 Å². The maximum Gasteiger partial charge on any atom is 0.349 e. The lowest BCUT2D eigenvalue weighted by Gasteiger charge is -2.11. The molecule has 0 N–H and O–H groups in total. The molecule has 0 radical (unpaired) electrons. The van der Waals surface area contributed by atoms with Gasteiger partial charge in [0.15, 0.2) is 12.4 Å². The molecule has 0 bridgehead atoms. The molecule has 0 saturated heterocycles. The van der Waals surface area contributed by atoms with Gasteiger partial charge in [0.1, 0.15) is 5.75 Å².